The first-order chi connectivity index (χ1) is 7.38. The van der Waals surface area contributed by atoms with Gasteiger partial charge in [-0.25, -0.2) is 4.98 Å². The fourth-order valence-electron chi connectivity index (χ4n) is 1.75. The van der Waals surface area contributed by atoms with Crippen LogP contribution in [0.2, 0.25) is 0 Å². The fourth-order valence-corrected chi connectivity index (χ4v) is 1.75. The first-order valence-corrected chi connectivity index (χ1v) is 5.23. The third-order valence-electron chi connectivity index (χ3n) is 2.55. The van der Waals surface area contributed by atoms with Crippen LogP contribution in [0.15, 0.2) is 18.2 Å². The minimum atomic E-state index is 0.467. The molecule has 1 aromatic heterocycles. The van der Waals surface area contributed by atoms with Crippen molar-refractivity contribution in [1.29, 1.82) is 5.26 Å². The minimum absolute atomic E-state index is 0.467. The van der Waals surface area contributed by atoms with Crippen LogP contribution < -0.4 is 10.6 Å². The smallest absolute Gasteiger partial charge is 0.142 e. The zero-order valence-corrected chi connectivity index (χ0v) is 8.53. The Balaban J connectivity index is 2.00. The van der Waals surface area contributed by atoms with Crippen molar-refractivity contribution in [1.82, 2.24) is 10.3 Å². The van der Waals surface area contributed by atoms with Crippen LogP contribution in [0.1, 0.15) is 18.5 Å². The average Bonchev–Trinajstić information content (AvgIpc) is 2.31. The van der Waals surface area contributed by atoms with Gasteiger partial charge in [-0.3, -0.25) is 0 Å². The highest BCUT2D eigenvalue weighted by Crippen LogP contribution is 2.11. The van der Waals surface area contributed by atoms with Crippen molar-refractivity contribution in [2.24, 2.45) is 0 Å². The minimum Gasteiger partial charge on any atom is -0.367 e. The summed E-state index contributed by atoms with van der Waals surface area (Å²) >= 11 is 0. The maximum atomic E-state index is 8.72. The molecule has 0 aliphatic carbocycles. The van der Waals surface area contributed by atoms with Gasteiger partial charge >= 0.3 is 0 Å². The summed E-state index contributed by atoms with van der Waals surface area (Å²) in [6, 6.07) is 8.00. The summed E-state index contributed by atoms with van der Waals surface area (Å²) in [5.74, 6) is 0.806. The molecule has 78 valence electrons. The fraction of sp³-hybridized carbons (Fsp3) is 0.455. The largest absolute Gasteiger partial charge is 0.367 e. The van der Waals surface area contributed by atoms with E-state index >= 15 is 0 Å². The first kappa shape index (κ1) is 9.94. The van der Waals surface area contributed by atoms with E-state index in [0.29, 0.717) is 11.7 Å². The van der Waals surface area contributed by atoms with E-state index in [9.17, 15) is 0 Å². The molecule has 0 amide bonds. The summed E-state index contributed by atoms with van der Waals surface area (Å²) in [6.45, 7) is 2.10. The number of hydrogen-bond donors (Lipinski definition) is 2. The number of hydrogen-bond acceptors (Lipinski definition) is 4. The Morgan fingerprint density at radius 2 is 2.20 bits per heavy atom. The second kappa shape index (κ2) is 4.76. The predicted octanol–water partition coefficient (Wildman–Crippen LogP) is 1.12. The lowest BCUT2D eigenvalue weighted by atomic mass is 10.1. The van der Waals surface area contributed by atoms with Crippen molar-refractivity contribution >= 4 is 5.82 Å². The van der Waals surface area contributed by atoms with Crippen LogP contribution in [-0.2, 0) is 0 Å². The van der Waals surface area contributed by atoms with E-state index in [4.69, 9.17) is 5.26 Å². The Morgan fingerprint density at radius 3 is 2.93 bits per heavy atom. The van der Waals surface area contributed by atoms with Crippen molar-refractivity contribution in [3.8, 4) is 6.07 Å². The Hall–Kier alpha value is -1.60. The van der Waals surface area contributed by atoms with Crippen molar-refractivity contribution in [3.63, 3.8) is 0 Å². The molecular weight excluding hydrogens is 188 g/mol. The van der Waals surface area contributed by atoms with Crippen molar-refractivity contribution in [2.45, 2.75) is 18.9 Å². The zero-order chi connectivity index (χ0) is 10.5. The number of aromatic nitrogens is 1. The second-order valence-electron chi connectivity index (χ2n) is 3.69. The van der Waals surface area contributed by atoms with Gasteiger partial charge in [0.2, 0.25) is 0 Å². The zero-order valence-electron chi connectivity index (χ0n) is 8.53. The number of nitrogens with zero attached hydrogens (tertiary/aromatic N) is 2. The molecule has 1 saturated heterocycles. The topological polar surface area (TPSA) is 60.7 Å². The van der Waals surface area contributed by atoms with Gasteiger partial charge < -0.3 is 10.6 Å². The monoisotopic (exact) mass is 202 g/mol. The predicted molar refractivity (Wildman–Crippen MR) is 58.5 cm³/mol. The van der Waals surface area contributed by atoms with Crippen LogP contribution >= 0.6 is 0 Å². The summed E-state index contributed by atoms with van der Waals surface area (Å²) in [4.78, 5) is 4.19. The molecule has 1 aromatic rings. The Labute approximate surface area is 89.3 Å². The lowest BCUT2D eigenvalue weighted by Crippen LogP contribution is -2.35. The van der Waals surface area contributed by atoms with E-state index in [0.717, 1.165) is 31.7 Å². The molecule has 1 aliphatic rings. The Bertz CT molecular complexity index is 363. The molecule has 0 radical (unpaired) electrons. The normalized spacial score (nSPS) is 17.0. The highest BCUT2D eigenvalue weighted by molar-refractivity contribution is 5.39. The molecule has 0 atom stereocenters. The number of nitriles is 1. The quantitative estimate of drug-likeness (QED) is 0.754. The molecule has 2 heterocycles. The van der Waals surface area contributed by atoms with Gasteiger partial charge in [0.1, 0.15) is 17.6 Å². The SMILES string of the molecule is N#Cc1cccc(NC2CCNCC2)n1. The van der Waals surface area contributed by atoms with Crippen LogP contribution in [0.3, 0.4) is 0 Å². The average molecular weight is 202 g/mol. The van der Waals surface area contributed by atoms with E-state index in [-0.39, 0.29) is 0 Å². The molecule has 0 unspecified atom stereocenters. The van der Waals surface area contributed by atoms with E-state index in [1.165, 1.54) is 0 Å². The standard InChI is InChI=1S/C11H14N4/c12-8-10-2-1-3-11(15-10)14-9-4-6-13-7-5-9/h1-3,9,13H,4-7H2,(H,14,15). The molecular formula is C11H14N4. The lowest BCUT2D eigenvalue weighted by molar-refractivity contribution is 0.478. The summed E-state index contributed by atoms with van der Waals surface area (Å²) in [7, 11) is 0. The van der Waals surface area contributed by atoms with E-state index in [2.05, 4.69) is 15.6 Å². The molecule has 2 rings (SSSR count). The number of piperidine rings is 1. The van der Waals surface area contributed by atoms with Crippen LogP contribution in [0.4, 0.5) is 5.82 Å². The Morgan fingerprint density at radius 1 is 1.40 bits per heavy atom. The van der Waals surface area contributed by atoms with Crippen LogP contribution in [0.25, 0.3) is 0 Å². The molecule has 4 heteroatoms. The van der Waals surface area contributed by atoms with Gasteiger partial charge in [-0.05, 0) is 38.1 Å². The summed E-state index contributed by atoms with van der Waals surface area (Å²) in [6.07, 6.45) is 2.22. The molecule has 0 bridgehead atoms. The lowest BCUT2D eigenvalue weighted by Gasteiger charge is -2.24. The molecule has 1 fully saturated rings. The maximum absolute atomic E-state index is 8.72. The van der Waals surface area contributed by atoms with E-state index < -0.39 is 0 Å². The van der Waals surface area contributed by atoms with Crippen molar-refractivity contribution < 1.29 is 0 Å². The van der Waals surface area contributed by atoms with Crippen molar-refractivity contribution in [3.05, 3.63) is 23.9 Å². The van der Waals surface area contributed by atoms with Gasteiger partial charge in [-0.2, -0.15) is 5.26 Å². The third-order valence-corrected chi connectivity index (χ3v) is 2.55. The molecule has 4 nitrogen and oxygen atoms in total. The number of rotatable bonds is 2. The van der Waals surface area contributed by atoms with Gasteiger partial charge in [0.25, 0.3) is 0 Å². The molecule has 0 aromatic carbocycles. The van der Waals surface area contributed by atoms with Crippen LogP contribution in [0, 0.1) is 11.3 Å². The van der Waals surface area contributed by atoms with E-state index in [1.54, 1.807) is 6.07 Å². The van der Waals surface area contributed by atoms with E-state index in [1.807, 2.05) is 18.2 Å². The van der Waals surface area contributed by atoms with Crippen LogP contribution in [0.5, 0.6) is 0 Å². The molecule has 2 N–H and O–H groups in total. The second-order valence-corrected chi connectivity index (χ2v) is 3.69. The number of pyridine rings is 1. The number of nitrogens with one attached hydrogen (secondary N) is 2. The summed E-state index contributed by atoms with van der Waals surface area (Å²) < 4.78 is 0. The molecule has 15 heavy (non-hydrogen) atoms. The number of anilines is 1. The molecule has 0 saturated carbocycles. The van der Waals surface area contributed by atoms with Gasteiger partial charge in [0, 0.05) is 6.04 Å². The molecule has 1 aliphatic heterocycles. The third kappa shape index (κ3) is 2.67. The van der Waals surface area contributed by atoms with Gasteiger partial charge in [-0.1, -0.05) is 6.07 Å². The maximum Gasteiger partial charge on any atom is 0.142 e. The highest BCUT2D eigenvalue weighted by Gasteiger charge is 2.12. The van der Waals surface area contributed by atoms with Crippen LogP contribution in [-0.4, -0.2) is 24.1 Å². The first-order valence-electron chi connectivity index (χ1n) is 5.23. The van der Waals surface area contributed by atoms with Gasteiger partial charge in [-0.15, -0.1) is 0 Å². The Kier molecular flexibility index (Phi) is 3.15. The highest BCUT2D eigenvalue weighted by atomic mass is 15.0. The van der Waals surface area contributed by atoms with Crippen molar-refractivity contribution in [2.75, 3.05) is 18.4 Å². The van der Waals surface area contributed by atoms with Gasteiger partial charge in [0.05, 0.1) is 0 Å². The summed E-state index contributed by atoms with van der Waals surface area (Å²) in [5.41, 5.74) is 0.467. The molecule has 0 spiro atoms. The summed E-state index contributed by atoms with van der Waals surface area (Å²) in [5, 5.41) is 15.4. The van der Waals surface area contributed by atoms with Gasteiger partial charge in [0.15, 0.2) is 0 Å².